The highest BCUT2D eigenvalue weighted by molar-refractivity contribution is 6.91. The third-order valence-corrected chi connectivity index (χ3v) is 16.2. The monoisotopic (exact) mass is 727 g/mol. The Morgan fingerprint density at radius 2 is 1.68 bits per heavy atom. The van der Waals surface area contributed by atoms with Crippen LogP contribution in [0, 0.1) is 5.92 Å². The van der Waals surface area contributed by atoms with Gasteiger partial charge in [0.05, 0.1) is 45.2 Å². The number of para-hydroxylation sites is 1. The Kier molecular flexibility index (Phi) is 9.04. The number of hydrogen-bond acceptors (Lipinski definition) is 7. The van der Waals surface area contributed by atoms with Gasteiger partial charge in [0.25, 0.3) is 5.91 Å². The maximum absolute atomic E-state index is 15.3. The van der Waals surface area contributed by atoms with E-state index >= 15 is 4.79 Å². The van der Waals surface area contributed by atoms with Gasteiger partial charge in [-0.25, -0.2) is 0 Å². The number of amides is 2. The molecule has 8 rings (SSSR count). The Balaban J connectivity index is 1.20. The summed E-state index contributed by atoms with van der Waals surface area (Å²) in [4.78, 5) is 31.5. The molecule has 5 atom stereocenters. The average molecular weight is 728 g/mol. The zero-order chi connectivity index (χ0) is 36.9. The topological polar surface area (TPSA) is 110 Å². The third-order valence-electron chi connectivity index (χ3n) is 11.8. The number of carbonyl (C=O) groups excluding carboxylic acids is 2. The molecule has 0 bridgehead atoms. The maximum Gasteiger partial charge on any atom is 0.268 e. The van der Waals surface area contributed by atoms with Crippen LogP contribution in [0.25, 0.3) is 0 Å². The van der Waals surface area contributed by atoms with E-state index in [-0.39, 0.29) is 41.9 Å². The number of carbonyl (C=O) groups is 2. The first kappa shape index (κ1) is 35.0. The van der Waals surface area contributed by atoms with Crippen LogP contribution in [0.2, 0.25) is 18.6 Å². The van der Waals surface area contributed by atoms with E-state index in [1.54, 1.807) is 16.9 Å². The fourth-order valence-corrected chi connectivity index (χ4v) is 13.0. The van der Waals surface area contributed by atoms with Crippen LogP contribution < -0.4 is 19.7 Å². The lowest BCUT2D eigenvalue weighted by Crippen LogP contribution is -2.51. The molecule has 272 valence electrons. The molecule has 0 saturated carbocycles. The van der Waals surface area contributed by atoms with Gasteiger partial charge in [0.1, 0.15) is 5.75 Å². The average Bonchev–Trinajstić information content (AvgIpc) is 3.84. The molecule has 2 fully saturated rings. The third kappa shape index (κ3) is 5.78. The first-order valence-electron chi connectivity index (χ1n) is 18.4. The highest BCUT2D eigenvalue weighted by Gasteiger charge is 2.66. The summed E-state index contributed by atoms with van der Waals surface area (Å²) in [5, 5.41) is 20.5. The van der Waals surface area contributed by atoms with Gasteiger partial charge in [-0.05, 0) is 60.0 Å². The maximum atomic E-state index is 15.3. The number of benzene rings is 4. The summed E-state index contributed by atoms with van der Waals surface area (Å²) in [6.07, 6.45) is 2.72. The number of aryl methyl sites for hydroxylation is 1. The van der Waals surface area contributed by atoms with Crippen molar-refractivity contribution in [3.05, 3.63) is 126 Å². The lowest BCUT2D eigenvalue weighted by atomic mass is 9.82. The first-order valence-corrected chi connectivity index (χ1v) is 21.5. The van der Waals surface area contributed by atoms with Gasteiger partial charge in [-0.2, -0.15) is 0 Å². The van der Waals surface area contributed by atoms with E-state index in [4.69, 9.17) is 9.47 Å². The van der Waals surface area contributed by atoms with Crippen LogP contribution >= 0.6 is 0 Å². The Labute approximate surface area is 311 Å². The molecule has 53 heavy (non-hydrogen) atoms. The van der Waals surface area contributed by atoms with Gasteiger partial charge in [0.15, 0.2) is 5.60 Å². The van der Waals surface area contributed by atoms with Crippen molar-refractivity contribution in [1.29, 1.82) is 0 Å². The second-order valence-electron chi connectivity index (χ2n) is 15.0. The molecule has 0 radical (unpaired) electrons. The Morgan fingerprint density at radius 1 is 0.962 bits per heavy atom. The van der Waals surface area contributed by atoms with E-state index in [9.17, 15) is 9.90 Å². The summed E-state index contributed by atoms with van der Waals surface area (Å²) in [5.41, 5.74) is 3.58. The second kappa shape index (κ2) is 13.7. The molecular formula is C42H45N5O5Si. The Hall–Kier alpha value is -5.10. The van der Waals surface area contributed by atoms with E-state index in [0.717, 1.165) is 33.9 Å². The smallest absolute Gasteiger partial charge is 0.268 e. The minimum absolute atomic E-state index is 0.0233. The zero-order valence-corrected chi connectivity index (χ0v) is 31.6. The van der Waals surface area contributed by atoms with E-state index in [1.807, 2.05) is 102 Å². The summed E-state index contributed by atoms with van der Waals surface area (Å²) >= 11 is 0. The van der Waals surface area contributed by atoms with Gasteiger partial charge in [-0.15, -0.1) is 5.10 Å². The van der Waals surface area contributed by atoms with E-state index < -0.39 is 13.7 Å². The molecule has 2 amide bonds. The van der Waals surface area contributed by atoms with Crippen LogP contribution in [-0.4, -0.2) is 66.4 Å². The van der Waals surface area contributed by atoms with Gasteiger partial charge < -0.3 is 19.5 Å². The van der Waals surface area contributed by atoms with Crippen LogP contribution in [0.4, 0.5) is 17.1 Å². The van der Waals surface area contributed by atoms with Gasteiger partial charge >= 0.3 is 0 Å². The van der Waals surface area contributed by atoms with Crippen molar-refractivity contribution in [3.8, 4) is 5.75 Å². The highest BCUT2D eigenvalue weighted by atomic mass is 28.3. The van der Waals surface area contributed by atoms with Gasteiger partial charge in [-0.1, -0.05) is 91.1 Å². The van der Waals surface area contributed by atoms with Crippen molar-refractivity contribution in [1.82, 2.24) is 15.0 Å². The molecule has 0 aliphatic carbocycles. The van der Waals surface area contributed by atoms with Crippen molar-refractivity contribution in [3.63, 3.8) is 0 Å². The number of β-lactam (4-membered cyclic amide) rings is 1. The minimum Gasteiger partial charge on any atom is -0.497 e. The van der Waals surface area contributed by atoms with E-state index in [2.05, 4.69) is 42.5 Å². The summed E-state index contributed by atoms with van der Waals surface area (Å²) in [5.74, 6) is 0.278. The molecule has 1 unspecified atom stereocenters. The standard InChI is InChI=1S/C42H45N5O5Si/c1-28-40(53(3,4)33-18-16-32(51-2)17-19-33)38(21-23-45-26-36(43-44-45)34(27-48)29-11-7-5-8-12-29)52-42(28)35-25-31(46-24-22-39(46)49)15-20-37(35)47(41(42)50)30-13-9-6-10-14-30/h5-20,25-26,28,34,38,40,48H,21-24,27H2,1-4H3/t28-,34?,38+,40-,42+/m0/s1. The summed E-state index contributed by atoms with van der Waals surface area (Å²) < 4.78 is 14.7. The second-order valence-corrected chi connectivity index (χ2v) is 19.7. The SMILES string of the molecule is COc1ccc([Si](C)(C)[C@@H]2[C@@H](CCn3cc(C(CO)c4ccccc4)nn3)O[C@]3(C(=O)N(c4ccccc4)c4ccc(N5CCC5=O)cc43)[C@H]2C)cc1. The number of fused-ring (bicyclic) bond motifs is 2. The number of methoxy groups -OCH3 is 1. The lowest BCUT2D eigenvalue weighted by molar-refractivity contribution is -0.145. The summed E-state index contributed by atoms with van der Waals surface area (Å²) in [6.45, 7) is 8.01. The van der Waals surface area contributed by atoms with Gasteiger partial charge in [-0.3, -0.25) is 19.2 Å². The Morgan fingerprint density at radius 3 is 2.32 bits per heavy atom. The molecular weight excluding hydrogens is 683 g/mol. The summed E-state index contributed by atoms with van der Waals surface area (Å²) in [7, 11) is -0.718. The minimum atomic E-state index is -2.39. The van der Waals surface area contributed by atoms with Crippen molar-refractivity contribution in [2.24, 2.45) is 5.92 Å². The first-order chi connectivity index (χ1) is 25.7. The predicted molar refractivity (Wildman–Crippen MR) is 207 cm³/mol. The molecule has 3 aliphatic heterocycles. The molecule has 1 N–H and O–H groups in total. The number of aromatic nitrogens is 3. The van der Waals surface area contributed by atoms with Gasteiger partial charge in [0, 0.05) is 48.6 Å². The number of aliphatic hydroxyl groups excluding tert-OH is 1. The number of anilines is 3. The molecule has 2 saturated heterocycles. The molecule has 3 aliphatic rings. The number of nitrogens with zero attached hydrogens (tertiary/aromatic N) is 5. The van der Waals surface area contributed by atoms with Crippen LogP contribution in [0.5, 0.6) is 5.75 Å². The van der Waals surface area contributed by atoms with Crippen LogP contribution in [0.15, 0.2) is 109 Å². The normalized spacial score (nSPS) is 23.0. The van der Waals surface area contributed by atoms with E-state index in [0.29, 0.717) is 31.6 Å². The number of ether oxygens (including phenoxy) is 2. The van der Waals surface area contributed by atoms with Crippen molar-refractivity contribution in [2.75, 3.05) is 30.1 Å². The summed E-state index contributed by atoms with van der Waals surface area (Å²) in [6, 6.07) is 33.9. The van der Waals surface area contributed by atoms with Crippen LogP contribution in [0.3, 0.4) is 0 Å². The fraction of sp³-hybridized carbons (Fsp3) is 0.333. The van der Waals surface area contributed by atoms with Crippen LogP contribution in [-0.2, 0) is 26.5 Å². The quantitative estimate of drug-likeness (QED) is 0.129. The molecule has 4 aromatic carbocycles. The molecule has 11 heteroatoms. The largest absolute Gasteiger partial charge is 0.497 e. The number of aliphatic hydroxyl groups is 1. The van der Waals surface area contributed by atoms with Crippen LogP contribution in [0.1, 0.15) is 42.5 Å². The Bertz CT molecular complexity index is 2120. The lowest BCUT2D eigenvalue weighted by Gasteiger charge is -2.37. The molecule has 10 nitrogen and oxygen atoms in total. The van der Waals surface area contributed by atoms with Crippen molar-refractivity contribution >= 4 is 42.1 Å². The molecule has 5 aromatic rings. The van der Waals surface area contributed by atoms with Crippen molar-refractivity contribution in [2.45, 2.75) is 62.6 Å². The molecule has 4 heterocycles. The number of hydrogen-bond donors (Lipinski definition) is 1. The number of rotatable bonds is 11. The molecule has 1 aromatic heterocycles. The van der Waals surface area contributed by atoms with Gasteiger partial charge in [0.2, 0.25) is 5.91 Å². The van der Waals surface area contributed by atoms with Crippen molar-refractivity contribution < 1.29 is 24.2 Å². The fourth-order valence-electron chi connectivity index (χ4n) is 8.98. The highest BCUT2D eigenvalue weighted by Crippen LogP contribution is 2.61. The molecule has 1 spiro atoms. The zero-order valence-electron chi connectivity index (χ0n) is 30.6. The van der Waals surface area contributed by atoms with E-state index in [1.165, 1.54) is 5.19 Å². The predicted octanol–water partition coefficient (Wildman–Crippen LogP) is 6.13.